The Morgan fingerprint density at radius 1 is 1.38 bits per heavy atom. The highest BCUT2D eigenvalue weighted by Gasteiger charge is 2.11. The minimum Gasteiger partial charge on any atom is -0.384 e. The number of rotatable bonds is 3. The van der Waals surface area contributed by atoms with Crippen molar-refractivity contribution in [3.63, 3.8) is 0 Å². The maximum atomic E-state index is 13.5. The minimum absolute atomic E-state index is 0.142. The Kier molecular flexibility index (Phi) is 4.08. The van der Waals surface area contributed by atoms with Gasteiger partial charge in [0.25, 0.3) is 0 Å². The second-order valence-electron chi connectivity index (χ2n) is 5.01. The Morgan fingerprint density at radius 3 is 2.44 bits per heavy atom. The van der Waals surface area contributed by atoms with Crippen LogP contribution in [0, 0.1) is 11.2 Å². The van der Waals surface area contributed by atoms with Gasteiger partial charge in [-0.1, -0.05) is 20.8 Å². The van der Waals surface area contributed by atoms with E-state index in [9.17, 15) is 8.60 Å². The largest absolute Gasteiger partial charge is 0.384 e. The molecule has 1 N–H and O–H groups in total. The number of benzene rings is 1. The zero-order valence-electron chi connectivity index (χ0n) is 10.1. The third-order valence-corrected chi connectivity index (χ3v) is 3.01. The Hall–Kier alpha value is -0.900. The van der Waals surface area contributed by atoms with E-state index in [0.29, 0.717) is 0 Å². The van der Waals surface area contributed by atoms with Crippen LogP contribution in [-0.4, -0.2) is 17.0 Å². The summed E-state index contributed by atoms with van der Waals surface area (Å²) in [5.41, 5.74) is 0.865. The third-order valence-electron chi connectivity index (χ3n) is 2.06. The summed E-state index contributed by atoms with van der Waals surface area (Å²) in [5, 5.41) is 3.15. The highest BCUT2D eigenvalue weighted by atomic mass is 32.2. The molecule has 0 amide bonds. The molecule has 0 aliphatic rings. The van der Waals surface area contributed by atoms with Crippen molar-refractivity contribution in [2.24, 2.45) is 5.41 Å². The van der Waals surface area contributed by atoms with Crippen LogP contribution in [0.4, 0.5) is 10.1 Å². The molecule has 0 aliphatic carbocycles. The van der Waals surface area contributed by atoms with Crippen LogP contribution < -0.4 is 5.32 Å². The van der Waals surface area contributed by atoms with Crippen molar-refractivity contribution in [2.45, 2.75) is 25.7 Å². The van der Waals surface area contributed by atoms with Crippen LogP contribution in [0.2, 0.25) is 0 Å². The van der Waals surface area contributed by atoms with E-state index in [1.807, 2.05) is 0 Å². The zero-order chi connectivity index (χ0) is 12.3. The fourth-order valence-corrected chi connectivity index (χ4v) is 1.80. The maximum Gasteiger partial charge on any atom is 0.141 e. The number of anilines is 1. The Bertz CT molecular complexity index is 398. The topological polar surface area (TPSA) is 29.1 Å². The highest BCUT2D eigenvalue weighted by Crippen LogP contribution is 2.19. The van der Waals surface area contributed by atoms with Gasteiger partial charge in [0.1, 0.15) is 5.82 Å². The van der Waals surface area contributed by atoms with E-state index in [1.54, 1.807) is 12.1 Å². The van der Waals surface area contributed by atoms with E-state index in [0.717, 1.165) is 12.2 Å². The lowest BCUT2D eigenvalue weighted by Gasteiger charge is -2.19. The summed E-state index contributed by atoms with van der Waals surface area (Å²) in [6.07, 6.45) is 1.47. The molecule has 1 aromatic carbocycles. The van der Waals surface area contributed by atoms with Gasteiger partial charge in [-0.25, -0.2) is 4.39 Å². The molecular formula is C12H18FNOS. The molecule has 0 aromatic heterocycles. The molecule has 0 radical (unpaired) electrons. The van der Waals surface area contributed by atoms with Gasteiger partial charge in [0.2, 0.25) is 0 Å². The van der Waals surface area contributed by atoms with Crippen LogP contribution in [0.1, 0.15) is 20.8 Å². The molecular weight excluding hydrogens is 225 g/mol. The van der Waals surface area contributed by atoms with Gasteiger partial charge < -0.3 is 5.32 Å². The SMILES string of the molecule is C[S@@](=O)c1ccc(NCC(C)(C)C)cc1F. The van der Waals surface area contributed by atoms with Gasteiger partial charge in [-0.05, 0) is 23.6 Å². The van der Waals surface area contributed by atoms with Crippen molar-refractivity contribution >= 4 is 16.5 Å². The summed E-state index contributed by atoms with van der Waals surface area (Å²) < 4.78 is 24.6. The molecule has 0 spiro atoms. The van der Waals surface area contributed by atoms with Crippen LogP contribution in [0.25, 0.3) is 0 Å². The maximum absolute atomic E-state index is 13.5. The molecule has 0 heterocycles. The zero-order valence-corrected chi connectivity index (χ0v) is 11.0. The third kappa shape index (κ3) is 3.93. The average molecular weight is 243 g/mol. The van der Waals surface area contributed by atoms with E-state index in [4.69, 9.17) is 0 Å². The second-order valence-corrected chi connectivity index (χ2v) is 6.36. The van der Waals surface area contributed by atoms with E-state index in [-0.39, 0.29) is 10.3 Å². The van der Waals surface area contributed by atoms with Gasteiger partial charge >= 0.3 is 0 Å². The fourth-order valence-electron chi connectivity index (χ4n) is 1.21. The molecule has 2 nitrogen and oxygen atoms in total. The summed E-state index contributed by atoms with van der Waals surface area (Å²) in [6, 6.07) is 4.71. The van der Waals surface area contributed by atoms with Gasteiger partial charge in [0.15, 0.2) is 0 Å². The number of hydrogen-bond acceptors (Lipinski definition) is 2. The normalized spacial score (nSPS) is 13.6. The molecule has 0 bridgehead atoms. The van der Waals surface area contributed by atoms with Crippen LogP contribution >= 0.6 is 0 Å². The first-order valence-electron chi connectivity index (χ1n) is 5.16. The van der Waals surface area contributed by atoms with E-state index < -0.39 is 16.6 Å². The van der Waals surface area contributed by atoms with Crippen molar-refractivity contribution in [1.29, 1.82) is 0 Å². The van der Waals surface area contributed by atoms with Crippen molar-refractivity contribution < 1.29 is 8.60 Å². The van der Waals surface area contributed by atoms with Crippen LogP contribution in [0.15, 0.2) is 23.1 Å². The minimum atomic E-state index is -1.27. The summed E-state index contributed by atoms with van der Waals surface area (Å²) in [4.78, 5) is 0.251. The predicted molar refractivity (Wildman–Crippen MR) is 66.7 cm³/mol. The number of nitrogens with one attached hydrogen (secondary N) is 1. The molecule has 0 fully saturated rings. The molecule has 1 aromatic rings. The number of hydrogen-bond donors (Lipinski definition) is 1. The summed E-state index contributed by atoms with van der Waals surface area (Å²) in [5.74, 6) is -0.417. The lowest BCUT2D eigenvalue weighted by molar-refractivity contribution is 0.443. The predicted octanol–water partition coefficient (Wildman–Crippen LogP) is 3.02. The molecule has 0 saturated carbocycles. The van der Waals surface area contributed by atoms with Crippen LogP contribution in [0.3, 0.4) is 0 Å². The molecule has 0 saturated heterocycles. The Morgan fingerprint density at radius 2 is 2.00 bits per heavy atom. The molecule has 1 rings (SSSR count). The summed E-state index contributed by atoms with van der Waals surface area (Å²) in [7, 11) is -1.27. The van der Waals surface area contributed by atoms with Gasteiger partial charge in [-0.15, -0.1) is 0 Å². The van der Waals surface area contributed by atoms with E-state index in [1.165, 1.54) is 12.3 Å². The second kappa shape index (κ2) is 4.95. The Balaban J connectivity index is 2.78. The highest BCUT2D eigenvalue weighted by molar-refractivity contribution is 7.84. The van der Waals surface area contributed by atoms with Gasteiger partial charge in [-0.3, -0.25) is 4.21 Å². The molecule has 0 unspecified atom stereocenters. The lowest BCUT2D eigenvalue weighted by Crippen LogP contribution is -2.19. The average Bonchev–Trinajstić information content (AvgIpc) is 2.13. The fraction of sp³-hybridized carbons (Fsp3) is 0.500. The van der Waals surface area contributed by atoms with Gasteiger partial charge in [0.05, 0.1) is 15.7 Å². The molecule has 4 heteroatoms. The summed E-state index contributed by atoms with van der Waals surface area (Å²) >= 11 is 0. The molecule has 1 atom stereocenters. The smallest absolute Gasteiger partial charge is 0.141 e. The van der Waals surface area contributed by atoms with Crippen molar-refractivity contribution in [2.75, 3.05) is 18.1 Å². The number of halogens is 1. The lowest BCUT2D eigenvalue weighted by atomic mass is 9.97. The monoisotopic (exact) mass is 243 g/mol. The van der Waals surface area contributed by atoms with Crippen molar-refractivity contribution in [1.82, 2.24) is 0 Å². The summed E-state index contributed by atoms with van der Waals surface area (Å²) in [6.45, 7) is 7.07. The molecule has 16 heavy (non-hydrogen) atoms. The molecule has 90 valence electrons. The van der Waals surface area contributed by atoms with Crippen LogP contribution in [-0.2, 0) is 10.8 Å². The van der Waals surface area contributed by atoms with Crippen LogP contribution in [0.5, 0.6) is 0 Å². The first-order valence-corrected chi connectivity index (χ1v) is 6.72. The Labute approximate surface area is 98.7 Å². The standard InChI is InChI=1S/C12H18FNOS/c1-12(2,3)8-14-9-5-6-11(16(4)15)10(13)7-9/h5-7,14H,8H2,1-4H3/t16-/m1/s1. The van der Waals surface area contributed by atoms with Crippen molar-refractivity contribution in [3.05, 3.63) is 24.0 Å². The first-order chi connectivity index (χ1) is 7.29. The van der Waals surface area contributed by atoms with Gasteiger partial charge in [0, 0.05) is 18.5 Å². The van der Waals surface area contributed by atoms with E-state index in [2.05, 4.69) is 26.1 Å². The van der Waals surface area contributed by atoms with E-state index >= 15 is 0 Å². The van der Waals surface area contributed by atoms with Gasteiger partial charge in [-0.2, -0.15) is 0 Å². The quantitative estimate of drug-likeness (QED) is 0.884. The first kappa shape index (κ1) is 13.2. The molecule has 0 aliphatic heterocycles. The van der Waals surface area contributed by atoms with Crippen molar-refractivity contribution in [3.8, 4) is 0 Å².